The highest BCUT2D eigenvalue weighted by Crippen LogP contribution is 2.28. The zero-order valence-corrected chi connectivity index (χ0v) is 15.1. The van der Waals surface area contributed by atoms with E-state index in [9.17, 15) is 9.90 Å². The highest BCUT2D eigenvalue weighted by molar-refractivity contribution is 5.88. The number of aliphatic hydroxyl groups is 1. The Balaban J connectivity index is 1.62. The molecule has 2 atom stereocenters. The molecule has 2 heterocycles. The summed E-state index contributed by atoms with van der Waals surface area (Å²) in [6.07, 6.45) is 5.39. The molecule has 4 N–H and O–H groups in total. The van der Waals surface area contributed by atoms with Crippen LogP contribution in [0.15, 0.2) is 48.9 Å². The summed E-state index contributed by atoms with van der Waals surface area (Å²) in [6, 6.07) is 9.36. The largest absolute Gasteiger partial charge is 0.480 e. The zero-order valence-electron chi connectivity index (χ0n) is 15.1. The van der Waals surface area contributed by atoms with Gasteiger partial charge in [0.15, 0.2) is 6.61 Å². The number of aromatic amines is 1. The van der Waals surface area contributed by atoms with E-state index in [0.717, 1.165) is 28.5 Å². The first-order valence-electron chi connectivity index (χ1n) is 8.79. The first-order chi connectivity index (χ1) is 13.0. The number of hydrogen-bond acceptors (Lipinski definition) is 5. The number of benzene rings is 1. The van der Waals surface area contributed by atoms with E-state index in [1.165, 1.54) is 0 Å². The molecular formula is C20H23N3O4. The van der Waals surface area contributed by atoms with Gasteiger partial charge in [0.1, 0.15) is 5.75 Å². The summed E-state index contributed by atoms with van der Waals surface area (Å²) in [5.74, 6) is -0.488. The number of nitrogens with zero attached hydrogens (tertiary/aromatic N) is 1. The number of H-pyrrole nitrogens is 1. The summed E-state index contributed by atoms with van der Waals surface area (Å²) in [4.78, 5) is 17.9. The molecule has 0 amide bonds. The first-order valence-corrected chi connectivity index (χ1v) is 8.79. The molecule has 1 aromatic carbocycles. The number of aliphatic hydroxyl groups excluding tert-OH is 1. The van der Waals surface area contributed by atoms with Crippen LogP contribution in [0.5, 0.6) is 5.75 Å². The number of aromatic nitrogens is 2. The van der Waals surface area contributed by atoms with Crippen molar-refractivity contribution in [3.63, 3.8) is 0 Å². The second-order valence-corrected chi connectivity index (χ2v) is 6.49. The standard InChI is InChI=1S/C20H23N3O4/c1-13(22-11-17(24)14-4-3-7-21-9-14)8-15-10-23-20-16(15)5-2-6-18(20)27-12-19(25)26/h2-7,9-10,13,17,22-24H,8,11-12H2,1H3,(H,25,26)/t13-,17+/m1/s1. The van der Waals surface area contributed by atoms with Gasteiger partial charge >= 0.3 is 5.97 Å². The van der Waals surface area contributed by atoms with Gasteiger partial charge in [-0.3, -0.25) is 4.98 Å². The molecule has 0 aliphatic rings. The number of ether oxygens (including phenoxy) is 1. The normalized spacial score (nSPS) is 13.4. The van der Waals surface area contributed by atoms with E-state index in [4.69, 9.17) is 9.84 Å². The first kappa shape index (κ1) is 18.9. The van der Waals surface area contributed by atoms with Gasteiger partial charge in [-0.15, -0.1) is 0 Å². The number of nitrogens with one attached hydrogen (secondary N) is 2. The smallest absolute Gasteiger partial charge is 0.341 e. The van der Waals surface area contributed by atoms with Crippen LogP contribution in [-0.2, 0) is 11.2 Å². The lowest BCUT2D eigenvalue weighted by molar-refractivity contribution is -0.139. The van der Waals surface area contributed by atoms with Crippen LogP contribution in [0.1, 0.15) is 24.2 Å². The molecule has 0 saturated heterocycles. The number of carboxylic acid groups (broad SMARTS) is 1. The van der Waals surface area contributed by atoms with Crippen molar-refractivity contribution in [3.8, 4) is 5.75 Å². The van der Waals surface area contributed by atoms with E-state index in [1.54, 1.807) is 24.5 Å². The van der Waals surface area contributed by atoms with Crippen LogP contribution in [0.4, 0.5) is 0 Å². The van der Waals surface area contributed by atoms with Crippen molar-refractivity contribution in [1.29, 1.82) is 0 Å². The summed E-state index contributed by atoms with van der Waals surface area (Å²) >= 11 is 0. The minimum Gasteiger partial charge on any atom is -0.480 e. The van der Waals surface area contributed by atoms with Gasteiger partial charge in [-0.25, -0.2) is 4.79 Å². The Kier molecular flexibility index (Phi) is 6.05. The fraction of sp³-hybridized carbons (Fsp3) is 0.300. The summed E-state index contributed by atoms with van der Waals surface area (Å²) in [7, 11) is 0. The number of carboxylic acids is 1. The van der Waals surface area contributed by atoms with Gasteiger partial charge in [-0.1, -0.05) is 18.2 Å². The molecule has 0 aliphatic heterocycles. The molecular weight excluding hydrogens is 346 g/mol. The third-order valence-electron chi connectivity index (χ3n) is 4.37. The number of aliphatic carboxylic acids is 1. The Labute approximate surface area is 157 Å². The number of hydrogen-bond donors (Lipinski definition) is 4. The van der Waals surface area contributed by atoms with Crippen LogP contribution in [0.3, 0.4) is 0 Å². The SMILES string of the molecule is C[C@H](Cc1c[nH]c2c(OCC(=O)O)cccc12)NC[C@H](O)c1cccnc1. The fourth-order valence-electron chi connectivity index (χ4n) is 3.02. The Morgan fingerprint density at radius 1 is 1.33 bits per heavy atom. The maximum atomic E-state index is 10.7. The lowest BCUT2D eigenvalue weighted by atomic mass is 10.1. The Bertz CT molecular complexity index is 895. The highest BCUT2D eigenvalue weighted by atomic mass is 16.5. The number of fused-ring (bicyclic) bond motifs is 1. The van der Waals surface area contributed by atoms with Crippen molar-refractivity contribution >= 4 is 16.9 Å². The molecule has 0 bridgehead atoms. The summed E-state index contributed by atoms with van der Waals surface area (Å²) in [5.41, 5.74) is 2.67. The van der Waals surface area contributed by atoms with Gasteiger partial charge in [-0.05, 0) is 31.0 Å². The molecule has 0 aliphatic carbocycles. The monoisotopic (exact) mass is 369 g/mol. The molecule has 0 spiro atoms. The summed E-state index contributed by atoms with van der Waals surface area (Å²) < 4.78 is 5.34. The minimum atomic E-state index is -1.01. The average molecular weight is 369 g/mol. The molecule has 3 rings (SSSR count). The molecule has 0 unspecified atom stereocenters. The minimum absolute atomic E-state index is 0.138. The van der Waals surface area contributed by atoms with Crippen molar-refractivity contribution in [2.45, 2.75) is 25.5 Å². The molecule has 7 nitrogen and oxygen atoms in total. The molecule has 2 aromatic heterocycles. The molecule has 3 aromatic rings. The number of rotatable bonds is 9. The van der Waals surface area contributed by atoms with Crippen molar-refractivity contribution in [3.05, 3.63) is 60.0 Å². The Morgan fingerprint density at radius 3 is 2.93 bits per heavy atom. The number of carbonyl (C=O) groups is 1. The maximum absolute atomic E-state index is 10.7. The molecule has 0 saturated carbocycles. The van der Waals surface area contributed by atoms with Crippen LogP contribution < -0.4 is 10.1 Å². The molecule has 27 heavy (non-hydrogen) atoms. The van der Waals surface area contributed by atoms with Gasteiger partial charge in [0.2, 0.25) is 0 Å². The van der Waals surface area contributed by atoms with Crippen LogP contribution in [0.2, 0.25) is 0 Å². The maximum Gasteiger partial charge on any atom is 0.341 e. The zero-order chi connectivity index (χ0) is 19.2. The Hall–Kier alpha value is -2.90. The second-order valence-electron chi connectivity index (χ2n) is 6.49. The average Bonchev–Trinajstić information content (AvgIpc) is 3.08. The topological polar surface area (TPSA) is 107 Å². The van der Waals surface area contributed by atoms with Gasteiger partial charge in [0.25, 0.3) is 0 Å². The fourth-order valence-corrected chi connectivity index (χ4v) is 3.02. The summed E-state index contributed by atoms with van der Waals surface area (Å²) in [6.45, 7) is 2.11. The number of pyridine rings is 1. The van der Waals surface area contributed by atoms with Gasteiger partial charge in [-0.2, -0.15) is 0 Å². The van der Waals surface area contributed by atoms with Crippen molar-refractivity contribution in [2.24, 2.45) is 0 Å². The molecule has 0 fully saturated rings. The van der Waals surface area contributed by atoms with Gasteiger partial charge < -0.3 is 25.3 Å². The lowest BCUT2D eigenvalue weighted by Gasteiger charge is -2.17. The van der Waals surface area contributed by atoms with E-state index in [-0.39, 0.29) is 12.6 Å². The number of para-hydroxylation sites is 1. The lowest BCUT2D eigenvalue weighted by Crippen LogP contribution is -2.32. The van der Waals surface area contributed by atoms with Crippen molar-refractivity contribution in [1.82, 2.24) is 15.3 Å². The second kappa shape index (κ2) is 8.66. The van der Waals surface area contributed by atoms with Gasteiger partial charge in [0.05, 0.1) is 11.6 Å². The van der Waals surface area contributed by atoms with E-state index >= 15 is 0 Å². The van der Waals surface area contributed by atoms with Crippen LogP contribution in [0, 0.1) is 0 Å². The van der Waals surface area contributed by atoms with E-state index in [1.807, 2.05) is 24.4 Å². The van der Waals surface area contributed by atoms with Crippen LogP contribution in [-0.4, -0.2) is 45.3 Å². The molecule has 0 radical (unpaired) electrons. The van der Waals surface area contributed by atoms with Gasteiger partial charge in [0, 0.05) is 42.1 Å². The molecule has 7 heteroatoms. The van der Waals surface area contributed by atoms with Crippen molar-refractivity contribution < 1.29 is 19.7 Å². The van der Waals surface area contributed by atoms with E-state index < -0.39 is 12.1 Å². The predicted molar refractivity (Wildman–Crippen MR) is 102 cm³/mol. The third-order valence-corrected chi connectivity index (χ3v) is 4.37. The third kappa shape index (κ3) is 4.84. The van der Waals surface area contributed by atoms with Crippen LogP contribution in [0.25, 0.3) is 10.9 Å². The van der Waals surface area contributed by atoms with Crippen LogP contribution >= 0.6 is 0 Å². The van der Waals surface area contributed by atoms with E-state index in [0.29, 0.717) is 12.3 Å². The molecule has 142 valence electrons. The predicted octanol–water partition coefficient (Wildman–Crippen LogP) is 2.28. The quantitative estimate of drug-likeness (QED) is 0.461. The Morgan fingerprint density at radius 2 is 2.19 bits per heavy atom. The highest BCUT2D eigenvalue weighted by Gasteiger charge is 2.14. The van der Waals surface area contributed by atoms with Crippen molar-refractivity contribution in [2.75, 3.05) is 13.2 Å². The van der Waals surface area contributed by atoms with E-state index in [2.05, 4.69) is 22.2 Å². The summed E-state index contributed by atoms with van der Waals surface area (Å²) in [5, 5.41) is 23.4.